The molecule has 1 atom stereocenters. The molecule has 0 aliphatic carbocycles. The zero-order chi connectivity index (χ0) is 13.3. The maximum absolute atomic E-state index is 11.7. The average molecular weight is 256 g/mol. The number of halogens is 3. The molecule has 0 bridgehead atoms. The number of nitrogens with one attached hydrogen (secondary N) is 1. The molecular formula is C11H23F3N2O. The highest BCUT2D eigenvalue weighted by Crippen LogP contribution is 2.13. The number of likely N-dealkylation sites (N-methyl/N-ethyl adjacent to an activating group) is 1. The smallest absolute Gasteiger partial charge is 0.371 e. The molecular weight excluding hydrogens is 233 g/mol. The third kappa shape index (κ3) is 10.5. The number of rotatable bonds is 9. The van der Waals surface area contributed by atoms with Crippen LogP contribution in [-0.2, 0) is 4.74 Å². The van der Waals surface area contributed by atoms with Crippen molar-refractivity contribution in [2.45, 2.75) is 32.5 Å². The van der Waals surface area contributed by atoms with E-state index in [1.54, 1.807) is 0 Å². The molecule has 1 unspecified atom stereocenters. The van der Waals surface area contributed by atoms with E-state index in [0.29, 0.717) is 12.6 Å². The third-order valence-corrected chi connectivity index (χ3v) is 2.67. The van der Waals surface area contributed by atoms with Gasteiger partial charge in [0.05, 0.1) is 6.61 Å². The van der Waals surface area contributed by atoms with Crippen LogP contribution in [0.5, 0.6) is 0 Å². The molecule has 0 radical (unpaired) electrons. The summed E-state index contributed by atoms with van der Waals surface area (Å²) in [5.74, 6) is 0. The quantitative estimate of drug-likeness (QED) is 0.638. The van der Waals surface area contributed by atoms with Crippen molar-refractivity contribution in [3.8, 4) is 0 Å². The Morgan fingerprint density at radius 2 is 1.94 bits per heavy atom. The zero-order valence-corrected chi connectivity index (χ0v) is 10.8. The van der Waals surface area contributed by atoms with Gasteiger partial charge in [-0.1, -0.05) is 6.92 Å². The third-order valence-electron chi connectivity index (χ3n) is 2.67. The first kappa shape index (κ1) is 16.7. The molecule has 17 heavy (non-hydrogen) atoms. The summed E-state index contributed by atoms with van der Waals surface area (Å²) in [5.41, 5.74) is 0. The van der Waals surface area contributed by atoms with Gasteiger partial charge in [0.2, 0.25) is 0 Å². The first-order chi connectivity index (χ1) is 7.87. The molecule has 0 amide bonds. The molecule has 104 valence electrons. The van der Waals surface area contributed by atoms with Crippen LogP contribution in [-0.4, -0.2) is 57.0 Å². The van der Waals surface area contributed by atoms with Crippen LogP contribution in [0.2, 0.25) is 0 Å². The van der Waals surface area contributed by atoms with Gasteiger partial charge in [0.25, 0.3) is 0 Å². The van der Waals surface area contributed by atoms with Gasteiger partial charge in [-0.25, -0.2) is 0 Å². The van der Waals surface area contributed by atoms with E-state index in [-0.39, 0.29) is 6.61 Å². The topological polar surface area (TPSA) is 24.5 Å². The Labute approximate surface area is 101 Å². The fourth-order valence-electron chi connectivity index (χ4n) is 1.24. The van der Waals surface area contributed by atoms with Crippen molar-refractivity contribution < 1.29 is 17.9 Å². The van der Waals surface area contributed by atoms with Crippen LogP contribution in [0.3, 0.4) is 0 Å². The lowest BCUT2D eigenvalue weighted by atomic mass is 10.2. The van der Waals surface area contributed by atoms with Crippen LogP contribution < -0.4 is 5.32 Å². The number of ether oxygens (including phenoxy) is 1. The number of hydrogen-bond acceptors (Lipinski definition) is 3. The minimum atomic E-state index is -4.23. The first-order valence-electron chi connectivity index (χ1n) is 5.92. The molecule has 0 aromatic carbocycles. The van der Waals surface area contributed by atoms with Gasteiger partial charge in [0, 0.05) is 25.7 Å². The summed E-state index contributed by atoms with van der Waals surface area (Å²) in [7, 11) is 2.04. The van der Waals surface area contributed by atoms with E-state index < -0.39 is 12.8 Å². The predicted molar refractivity (Wildman–Crippen MR) is 62.1 cm³/mol. The van der Waals surface area contributed by atoms with E-state index in [9.17, 15) is 13.2 Å². The van der Waals surface area contributed by atoms with E-state index in [1.165, 1.54) is 0 Å². The Kier molecular flexibility index (Phi) is 8.55. The van der Waals surface area contributed by atoms with Crippen LogP contribution in [0.25, 0.3) is 0 Å². The maximum atomic E-state index is 11.7. The number of nitrogens with zero attached hydrogens (tertiary/aromatic N) is 1. The summed E-state index contributed by atoms with van der Waals surface area (Å²) in [6.45, 7) is 5.29. The summed E-state index contributed by atoms with van der Waals surface area (Å²) >= 11 is 0. The van der Waals surface area contributed by atoms with Crippen molar-refractivity contribution in [3.05, 3.63) is 0 Å². The Morgan fingerprint density at radius 1 is 1.29 bits per heavy atom. The highest BCUT2D eigenvalue weighted by atomic mass is 19.4. The molecule has 0 saturated carbocycles. The summed E-state index contributed by atoms with van der Waals surface area (Å²) in [6, 6.07) is 0.526. The molecule has 0 heterocycles. The SMILES string of the molecule is CCC(C)N(C)CCNCCOCC(F)(F)F. The molecule has 0 aromatic heterocycles. The second-order valence-corrected chi connectivity index (χ2v) is 4.16. The Hall–Kier alpha value is -0.330. The van der Waals surface area contributed by atoms with Gasteiger partial charge >= 0.3 is 6.18 Å². The Balaban J connectivity index is 3.30. The van der Waals surface area contributed by atoms with Gasteiger partial charge in [-0.3, -0.25) is 0 Å². The first-order valence-corrected chi connectivity index (χ1v) is 5.92. The Morgan fingerprint density at radius 3 is 2.47 bits per heavy atom. The molecule has 0 saturated heterocycles. The van der Waals surface area contributed by atoms with Crippen molar-refractivity contribution in [1.82, 2.24) is 10.2 Å². The van der Waals surface area contributed by atoms with E-state index in [4.69, 9.17) is 0 Å². The largest absolute Gasteiger partial charge is 0.411 e. The fraction of sp³-hybridized carbons (Fsp3) is 1.00. The van der Waals surface area contributed by atoms with Crippen molar-refractivity contribution in [2.24, 2.45) is 0 Å². The molecule has 0 fully saturated rings. The molecule has 0 aliphatic rings. The van der Waals surface area contributed by atoms with Gasteiger partial charge in [0.1, 0.15) is 6.61 Å². The molecule has 6 heteroatoms. The van der Waals surface area contributed by atoms with E-state index in [1.807, 2.05) is 7.05 Å². The lowest BCUT2D eigenvalue weighted by molar-refractivity contribution is -0.173. The monoisotopic (exact) mass is 256 g/mol. The van der Waals surface area contributed by atoms with Crippen LogP contribution in [0, 0.1) is 0 Å². The zero-order valence-electron chi connectivity index (χ0n) is 10.8. The Bertz CT molecular complexity index is 188. The maximum Gasteiger partial charge on any atom is 0.411 e. The van der Waals surface area contributed by atoms with Crippen molar-refractivity contribution in [2.75, 3.05) is 39.9 Å². The molecule has 1 N–H and O–H groups in total. The highest BCUT2D eigenvalue weighted by Gasteiger charge is 2.27. The van der Waals surface area contributed by atoms with Gasteiger partial charge in [0.15, 0.2) is 0 Å². The summed E-state index contributed by atoms with van der Waals surface area (Å²) < 4.78 is 39.6. The molecule has 0 aliphatic heterocycles. The van der Waals surface area contributed by atoms with Crippen molar-refractivity contribution in [1.29, 1.82) is 0 Å². The summed E-state index contributed by atoms with van der Waals surface area (Å²) in [6.07, 6.45) is -3.14. The average Bonchev–Trinajstić information content (AvgIpc) is 2.24. The van der Waals surface area contributed by atoms with E-state index in [2.05, 4.69) is 28.8 Å². The minimum absolute atomic E-state index is 0.0898. The van der Waals surface area contributed by atoms with Gasteiger partial charge < -0.3 is 15.0 Å². The van der Waals surface area contributed by atoms with Crippen LogP contribution in [0.1, 0.15) is 20.3 Å². The minimum Gasteiger partial charge on any atom is -0.371 e. The molecule has 0 spiro atoms. The van der Waals surface area contributed by atoms with Gasteiger partial charge in [-0.2, -0.15) is 13.2 Å². The van der Waals surface area contributed by atoms with Crippen molar-refractivity contribution >= 4 is 0 Å². The number of alkyl halides is 3. The van der Waals surface area contributed by atoms with E-state index >= 15 is 0 Å². The second-order valence-electron chi connectivity index (χ2n) is 4.16. The van der Waals surface area contributed by atoms with Gasteiger partial charge in [-0.05, 0) is 20.4 Å². The second kappa shape index (κ2) is 8.72. The summed E-state index contributed by atoms with van der Waals surface area (Å²) in [5, 5.41) is 3.05. The highest BCUT2D eigenvalue weighted by molar-refractivity contribution is 4.62. The number of hydrogen-bond donors (Lipinski definition) is 1. The molecule has 3 nitrogen and oxygen atoms in total. The van der Waals surface area contributed by atoms with Crippen LogP contribution in [0.4, 0.5) is 13.2 Å². The predicted octanol–water partition coefficient (Wildman–Crippen LogP) is 1.89. The normalized spacial score (nSPS) is 14.3. The molecule has 0 aromatic rings. The lowest BCUT2D eigenvalue weighted by Crippen LogP contribution is -2.36. The lowest BCUT2D eigenvalue weighted by Gasteiger charge is -2.23. The van der Waals surface area contributed by atoms with Gasteiger partial charge in [-0.15, -0.1) is 0 Å². The van der Waals surface area contributed by atoms with Crippen LogP contribution in [0.15, 0.2) is 0 Å². The molecule has 0 rings (SSSR count). The van der Waals surface area contributed by atoms with Crippen molar-refractivity contribution in [3.63, 3.8) is 0 Å². The van der Waals surface area contributed by atoms with Crippen LogP contribution >= 0.6 is 0 Å². The fourth-order valence-corrected chi connectivity index (χ4v) is 1.24. The summed E-state index contributed by atoms with van der Waals surface area (Å²) in [4.78, 5) is 2.21. The van der Waals surface area contributed by atoms with E-state index in [0.717, 1.165) is 19.5 Å². The standard InChI is InChI=1S/C11H23F3N2O/c1-4-10(2)16(3)7-5-15-6-8-17-9-11(12,13)14/h10,15H,4-9H2,1-3H3.